The van der Waals surface area contributed by atoms with Crippen molar-refractivity contribution in [3.05, 3.63) is 17.5 Å². The van der Waals surface area contributed by atoms with Crippen LogP contribution in [0.2, 0.25) is 0 Å². The van der Waals surface area contributed by atoms with Crippen molar-refractivity contribution in [1.29, 1.82) is 0 Å². The summed E-state index contributed by atoms with van der Waals surface area (Å²) in [5, 5.41) is 17.1. The topological polar surface area (TPSA) is 59.3 Å². The summed E-state index contributed by atoms with van der Waals surface area (Å²) in [6.07, 6.45) is 6.52. The summed E-state index contributed by atoms with van der Waals surface area (Å²) < 4.78 is 7.37. The summed E-state index contributed by atoms with van der Waals surface area (Å²) >= 11 is 0. The maximum Gasteiger partial charge on any atom is 0.0644 e. The summed E-state index contributed by atoms with van der Waals surface area (Å²) in [6.45, 7) is 2.47. The van der Waals surface area contributed by atoms with E-state index in [9.17, 15) is 0 Å². The van der Waals surface area contributed by atoms with Crippen LogP contribution in [0, 0.1) is 0 Å². The largest absolute Gasteiger partial charge is 0.394 e. The number of fused-ring (bicyclic) bond motifs is 1. The molecule has 2 atom stereocenters. The van der Waals surface area contributed by atoms with Crippen molar-refractivity contribution >= 4 is 0 Å². The molecule has 18 heavy (non-hydrogen) atoms. The molecule has 0 bridgehead atoms. The molecule has 2 aliphatic rings. The monoisotopic (exact) mass is 251 g/mol. The molecular weight excluding hydrogens is 230 g/mol. The van der Waals surface area contributed by atoms with Gasteiger partial charge in [0.1, 0.15) is 0 Å². The van der Waals surface area contributed by atoms with E-state index in [0.717, 1.165) is 26.1 Å². The molecule has 5 heteroatoms. The number of nitrogens with zero attached hydrogens (tertiary/aromatic N) is 2. The van der Waals surface area contributed by atoms with Gasteiger partial charge in [0.2, 0.25) is 0 Å². The van der Waals surface area contributed by atoms with Crippen LogP contribution >= 0.6 is 0 Å². The highest BCUT2D eigenvalue weighted by Gasteiger charge is 2.27. The number of hydrogen-bond acceptors (Lipinski definition) is 4. The lowest BCUT2D eigenvalue weighted by molar-refractivity contribution is 0.187. The number of aliphatic hydroxyl groups is 1. The Balaban J connectivity index is 1.74. The average Bonchev–Trinajstić information content (AvgIpc) is 3.01. The molecule has 5 nitrogen and oxygen atoms in total. The van der Waals surface area contributed by atoms with Gasteiger partial charge in [0, 0.05) is 29.9 Å². The Bertz CT molecular complexity index is 399. The molecule has 0 aromatic carbocycles. The van der Waals surface area contributed by atoms with Gasteiger partial charge in [-0.15, -0.1) is 0 Å². The minimum absolute atomic E-state index is 0.155. The Morgan fingerprint density at radius 2 is 2.44 bits per heavy atom. The van der Waals surface area contributed by atoms with Crippen molar-refractivity contribution in [3.63, 3.8) is 0 Å². The molecule has 3 rings (SSSR count). The van der Waals surface area contributed by atoms with E-state index in [1.165, 1.54) is 24.1 Å². The highest BCUT2D eigenvalue weighted by Crippen LogP contribution is 2.30. The number of aliphatic hydroxyl groups excluding tert-OH is 1. The third kappa shape index (κ3) is 2.30. The third-order valence-corrected chi connectivity index (χ3v) is 3.94. The molecule has 2 unspecified atom stereocenters. The average molecular weight is 251 g/mol. The number of hydrogen-bond donors (Lipinski definition) is 2. The minimum atomic E-state index is 0.155. The van der Waals surface area contributed by atoms with Gasteiger partial charge in [-0.1, -0.05) is 0 Å². The Kier molecular flexibility index (Phi) is 3.63. The van der Waals surface area contributed by atoms with Crippen molar-refractivity contribution in [3.8, 4) is 0 Å². The first-order valence-electron chi connectivity index (χ1n) is 6.87. The first-order chi connectivity index (χ1) is 8.88. The Labute approximate surface area is 107 Å². The predicted molar refractivity (Wildman–Crippen MR) is 67.4 cm³/mol. The molecule has 2 N–H and O–H groups in total. The molecule has 1 aliphatic heterocycles. The highest BCUT2D eigenvalue weighted by atomic mass is 16.5. The van der Waals surface area contributed by atoms with Gasteiger partial charge >= 0.3 is 0 Å². The molecule has 1 fully saturated rings. The van der Waals surface area contributed by atoms with E-state index in [1.54, 1.807) is 0 Å². The second kappa shape index (κ2) is 5.38. The molecule has 0 saturated carbocycles. The lowest BCUT2D eigenvalue weighted by Gasteiger charge is -2.26. The third-order valence-electron chi connectivity index (χ3n) is 3.94. The fourth-order valence-corrected chi connectivity index (χ4v) is 3.03. The van der Waals surface area contributed by atoms with Gasteiger partial charge in [-0.2, -0.15) is 5.10 Å². The lowest BCUT2D eigenvalue weighted by Crippen LogP contribution is -2.35. The Hall–Kier alpha value is -0.910. The van der Waals surface area contributed by atoms with Gasteiger partial charge in [-0.05, 0) is 25.7 Å². The lowest BCUT2D eigenvalue weighted by atomic mass is 9.92. The second-order valence-corrected chi connectivity index (χ2v) is 5.17. The smallest absolute Gasteiger partial charge is 0.0644 e. The second-order valence-electron chi connectivity index (χ2n) is 5.17. The predicted octanol–water partition coefficient (Wildman–Crippen LogP) is 0.631. The number of aromatic nitrogens is 2. The molecule has 1 aromatic rings. The first-order valence-corrected chi connectivity index (χ1v) is 6.87. The van der Waals surface area contributed by atoms with Crippen LogP contribution in [0.4, 0.5) is 0 Å². The van der Waals surface area contributed by atoms with E-state index in [4.69, 9.17) is 9.84 Å². The van der Waals surface area contributed by atoms with Crippen LogP contribution < -0.4 is 5.32 Å². The maximum absolute atomic E-state index is 9.04. The Morgan fingerprint density at radius 1 is 1.50 bits per heavy atom. The van der Waals surface area contributed by atoms with Gasteiger partial charge in [-0.3, -0.25) is 4.68 Å². The minimum Gasteiger partial charge on any atom is -0.394 e. The normalized spacial score (nSPS) is 27.4. The molecule has 1 aromatic heterocycles. The van der Waals surface area contributed by atoms with E-state index < -0.39 is 0 Å². The molecule has 100 valence electrons. The fourth-order valence-electron chi connectivity index (χ4n) is 3.03. The molecule has 1 saturated heterocycles. The van der Waals surface area contributed by atoms with Gasteiger partial charge in [0.05, 0.1) is 26.0 Å². The van der Waals surface area contributed by atoms with Crippen LogP contribution in [0.5, 0.6) is 0 Å². The quantitative estimate of drug-likeness (QED) is 0.824. The number of rotatable bonds is 4. The van der Waals surface area contributed by atoms with Gasteiger partial charge in [0.15, 0.2) is 0 Å². The van der Waals surface area contributed by atoms with Gasteiger partial charge < -0.3 is 15.2 Å². The zero-order chi connectivity index (χ0) is 12.4. The molecule has 0 amide bonds. The van der Waals surface area contributed by atoms with E-state index in [0.29, 0.717) is 18.6 Å². The molecular formula is C13H21N3O2. The Morgan fingerprint density at radius 3 is 3.22 bits per heavy atom. The number of ether oxygens (including phenoxy) is 1. The van der Waals surface area contributed by atoms with Crippen molar-refractivity contribution in [2.75, 3.05) is 19.8 Å². The molecule has 0 radical (unpaired) electrons. The van der Waals surface area contributed by atoms with Crippen LogP contribution in [0.1, 0.15) is 36.6 Å². The molecule has 2 heterocycles. The summed E-state index contributed by atoms with van der Waals surface area (Å²) in [6, 6.07) is 0.898. The fraction of sp³-hybridized carbons (Fsp3) is 0.769. The number of nitrogens with one attached hydrogen (secondary N) is 1. The standard InChI is InChI=1S/C13H21N3O2/c17-6-5-16-13-3-1-2-12(11(13)8-14-16)15-10-4-7-18-9-10/h8,10,12,15,17H,1-7,9H2. The van der Waals surface area contributed by atoms with Crippen LogP contribution in [0.3, 0.4) is 0 Å². The van der Waals surface area contributed by atoms with Crippen molar-refractivity contribution in [2.45, 2.75) is 44.3 Å². The van der Waals surface area contributed by atoms with E-state index in [2.05, 4.69) is 10.4 Å². The molecule has 1 aliphatic carbocycles. The van der Waals surface area contributed by atoms with E-state index in [1.807, 2.05) is 10.9 Å². The SMILES string of the molecule is OCCn1ncc2c1CCCC2NC1CCOC1. The highest BCUT2D eigenvalue weighted by molar-refractivity contribution is 5.25. The van der Waals surface area contributed by atoms with Crippen molar-refractivity contribution in [2.24, 2.45) is 0 Å². The molecule has 0 spiro atoms. The van der Waals surface area contributed by atoms with Gasteiger partial charge in [-0.25, -0.2) is 0 Å². The van der Waals surface area contributed by atoms with Crippen LogP contribution in [0.25, 0.3) is 0 Å². The van der Waals surface area contributed by atoms with E-state index >= 15 is 0 Å². The summed E-state index contributed by atoms with van der Waals surface area (Å²) in [5.74, 6) is 0. The van der Waals surface area contributed by atoms with Crippen LogP contribution in [-0.2, 0) is 17.7 Å². The van der Waals surface area contributed by atoms with Gasteiger partial charge in [0.25, 0.3) is 0 Å². The van der Waals surface area contributed by atoms with Crippen molar-refractivity contribution in [1.82, 2.24) is 15.1 Å². The van der Waals surface area contributed by atoms with Crippen LogP contribution in [-0.4, -0.2) is 40.7 Å². The van der Waals surface area contributed by atoms with Crippen LogP contribution in [0.15, 0.2) is 6.20 Å². The van der Waals surface area contributed by atoms with Crippen molar-refractivity contribution < 1.29 is 9.84 Å². The summed E-state index contributed by atoms with van der Waals surface area (Å²) in [5.41, 5.74) is 2.62. The zero-order valence-corrected chi connectivity index (χ0v) is 10.6. The summed E-state index contributed by atoms with van der Waals surface area (Å²) in [7, 11) is 0. The first kappa shape index (κ1) is 12.1. The maximum atomic E-state index is 9.04. The summed E-state index contributed by atoms with van der Waals surface area (Å²) in [4.78, 5) is 0. The van der Waals surface area contributed by atoms with E-state index in [-0.39, 0.29) is 6.61 Å². The zero-order valence-electron chi connectivity index (χ0n) is 10.6.